The van der Waals surface area contributed by atoms with Gasteiger partial charge < -0.3 is 4.74 Å². The zero-order valence-electron chi connectivity index (χ0n) is 17.5. The van der Waals surface area contributed by atoms with Crippen LogP contribution in [0.3, 0.4) is 0 Å². The van der Waals surface area contributed by atoms with Crippen molar-refractivity contribution in [1.29, 1.82) is 0 Å². The molecule has 0 N–H and O–H groups in total. The lowest BCUT2D eigenvalue weighted by molar-refractivity contribution is 0.156. The Kier molecular flexibility index (Phi) is 6.29. The molecule has 3 nitrogen and oxygen atoms in total. The third-order valence-corrected chi connectivity index (χ3v) is 6.56. The molecule has 3 heteroatoms. The van der Waals surface area contributed by atoms with Gasteiger partial charge in [-0.25, -0.2) is 4.79 Å². The average Bonchev–Trinajstić information content (AvgIpc) is 2.89. The van der Waals surface area contributed by atoms with Crippen molar-refractivity contribution < 1.29 is 9.53 Å². The van der Waals surface area contributed by atoms with E-state index in [9.17, 15) is 4.79 Å². The first-order valence-corrected chi connectivity index (χ1v) is 10.8. The van der Waals surface area contributed by atoms with Crippen LogP contribution in [-0.4, -0.2) is 23.1 Å². The second-order valence-electron chi connectivity index (χ2n) is 8.73. The van der Waals surface area contributed by atoms with Gasteiger partial charge in [-0.1, -0.05) is 51.0 Å². The zero-order valence-corrected chi connectivity index (χ0v) is 17.5. The third-order valence-electron chi connectivity index (χ3n) is 6.56. The maximum atomic E-state index is 12.3. The van der Waals surface area contributed by atoms with Gasteiger partial charge in [0.2, 0.25) is 0 Å². The molecule has 1 saturated heterocycles. The Morgan fingerprint density at radius 2 is 1.78 bits per heavy atom. The van der Waals surface area contributed by atoms with E-state index >= 15 is 0 Å². The predicted octanol–water partition coefficient (Wildman–Crippen LogP) is 6.74. The fourth-order valence-electron chi connectivity index (χ4n) is 4.45. The van der Waals surface area contributed by atoms with Gasteiger partial charge in [-0.15, -0.1) is 0 Å². The quantitative estimate of drug-likeness (QED) is 0.555. The second kappa shape index (κ2) is 8.50. The number of unbranched alkanes of at least 4 members (excludes halogenated alkanes) is 1. The Labute approximate surface area is 164 Å². The summed E-state index contributed by atoms with van der Waals surface area (Å²) in [6.45, 7) is 9.34. The molecule has 1 amide bonds. The number of cyclic esters (lactones) is 1. The number of ether oxygens (including phenoxy) is 1. The summed E-state index contributed by atoms with van der Waals surface area (Å²) in [4.78, 5) is 14.1. The van der Waals surface area contributed by atoms with Gasteiger partial charge in [-0.3, -0.25) is 4.90 Å². The van der Waals surface area contributed by atoms with Crippen molar-refractivity contribution in [3.8, 4) is 0 Å². The van der Waals surface area contributed by atoms with Gasteiger partial charge in [-0.2, -0.15) is 0 Å². The Morgan fingerprint density at radius 3 is 2.37 bits per heavy atom. The van der Waals surface area contributed by atoms with Crippen LogP contribution in [0, 0.1) is 5.92 Å². The third kappa shape index (κ3) is 4.39. The number of benzene rings is 1. The topological polar surface area (TPSA) is 29.5 Å². The van der Waals surface area contributed by atoms with Gasteiger partial charge in [-0.05, 0) is 75.0 Å². The molecule has 148 valence electrons. The maximum Gasteiger partial charge on any atom is 0.415 e. The highest BCUT2D eigenvalue weighted by Crippen LogP contribution is 2.38. The van der Waals surface area contributed by atoms with Crippen LogP contribution in [0.5, 0.6) is 0 Å². The summed E-state index contributed by atoms with van der Waals surface area (Å²) in [6, 6.07) is 8.88. The highest BCUT2D eigenvalue weighted by atomic mass is 16.6. The minimum absolute atomic E-state index is 0.219. The van der Waals surface area contributed by atoms with Crippen molar-refractivity contribution in [2.45, 2.75) is 84.1 Å². The van der Waals surface area contributed by atoms with Crippen molar-refractivity contribution in [1.82, 2.24) is 4.90 Å². The molecule has 0 bridgehead atoms. The number of carbonyl (C=O) groups excluding carboxylic acids is 1. The molecule has 1 aromatic rings. The number of hydrogen-bond acceptors (Lipinski definition) is 2. The lowest BCUT2D eigenvalue weighted by Crippen LogP contribution is -2.41. The van der Waals surface area contributed by atoms with Crippen molar-refractivity contribution >= 4 is 12.2 Å². The van der Waals surface area contributed by atoms with Crippen LogP contribution in [0.4, 0.5) is 4.79 Å². The molecule has 1 aliphatic heterocycles. The van der Waals surface area contributed by atoms with E-state index in [2.05, 4.69) is 52.0 Å². The van der Waals surface area contributed by atoms with Crippen LogP contribution in [0.2, 0.25) is 0 Å². The van der Waals surface area contributed by atoms with Crippen LogP contribution in [0.15, 0.2) is 30.0 Å². The average molecular weight is 370 g/mol. The molecule has 2 aliphatic rings. The summed E-state index contributed by atoms with van der Waals surface area (Å²) < 4.78 is 5.61. The smallest absolute Gasteiger partial charge is 0.412 e. The summed E-state index contributed by atoms with van der Waals surface area (Å²) in [5.74, 6) is 2.39. The fourth-order valence-corrected chi connectivity index (χ4v) is 4.45. The molecule has 27 heavy (non-hydrogen) atoms. The molecule has 2 fully saturated rings. The van der Waals surface area contributed by atoms with E-state index in [-0.39, 0.29) is 11.6 Å². The number of rotatable bonds is 6. The van der Waals surface area contributed by atoms with Gasteiger partial charge in [0, 0.05) is 6.54 Å². The lowest BCUT2D eigenvalue weighted by atomic mass is 9.78. The lowest BCUT2D eigenvalue weighted by Gasteiger charge is -2.28. The van der Waals surface area contributed by atoms with E-state index in [1.165, 1.54) is 37.7 Å². The highest BCUT2D eigenvalue weighted by molar-refractivity contribution is 5.76. The fraction of sp³-hybridized carbons (Fsp3) is 0.625. The summed E-state index contributed by atoms with van der Waals surface area (Å²) in [6.07, 6.45) is 10.6. The van der Waals surface area contributed by atoms with E-state index < -0.39 is 0 Å². The zero-order chi connectivity index (χ0) is 19.4. The molecule has 0 atom stereocenters. The van der Waals surface area contributed by atoms with E-state index in [0.29, 0.717) is 5.92 Å². The van der Waals surface area contributed by atoms with E-state index in [1.54, 1.807) is 0 Å². The van der Waals surface area contributed by atoms with Gasteiger partial charge in [0.1, 0.15) is 5.76 Å². The van der Waals surface area contributed by atoms with Crippen LogP contribution in [0.25, 0.3) is 6.08 Å². The van der Waals surface area contributed by atoms with Crippen molar-refractivity contribution in [2.75, 3.05) is 6.54 Å². The monoisotopic (exact) mass is 369 g/mol. The number of hydrogen-bond donors (Lipinski definition) is 0. The van der Waals surface area contributed by atoms with Crippen LogP contribution in [0.1, 0.15) is 89.7 Å². The normalized spacial score (nSPS) is 26.4. The summed E-state index contributed by atoms with van der Waals surface area (Å²) >= 11 is 0. The molecule has 0 unspecified atom stereocenters. The molecule has 0 aromatic heterocycles. The van der Waals surface area contributed by atoms with E-state index in [4.69, 9.17) is 4.74 Å². The highest BCUT2D eigenvalue weighted by Gasteiger charge is 2.44. The van der Waals surface area contributed by atoms with Gasteiger partial charge in [0.25, 0.3) is 0 Å². The molecular weight excluding hydrogens is 334 g/mol. The largest absolute Gasteiger partial charge is 0.415 e. The van der Waals surface area contributed by atoms with E-state index in [1.807, 2.05) is 11.0 Å². The Hall–Kier alpha value is -1.77. The Balaban J connectivity index is 1.69. The van der Waals surface area contributed by atoms with Crippen LogP contribution in [-0.2, 0) is 4.74 Å². The van der Waals surface area contributed by atoms with Crippen LogP contribution >= 0.6 is 0 Å². The Morgan fingerprint density at radius 1 is 1.11 bits per heavy atom. The van der Waals surface area contributed by atoms with Crippen molar-refractivity contribution in [2.24, 2.45) is 5.92 Å². The standard InChI is InChI=1S/C24H35NO2/c1-5-7-16-25-23(26)27-22(24(25,3)4)17-19-10-14-21(15-11-19)20-12-8-18(6-2)9-13-20/h10-11,14-15,17-18,20H,5-9,12-13,16H2,1-4H3/b22-17-. The van der Waals surface area contributed by atoms with Gasteiger partial charge in [0.05, 0.1) is 5.54 Å². The second-order valence-corrected chi connectivity index (χ2v) is 8.73. The number of amides is 1. The molecule has 1 saturated carbocycles. The molecule has 1 aliphatic carbocycles. The number of nitrogens with zero attached hydrogens (tertiary/aromatic N) is 1. The first kappa shape index (κ1) is 20.0. The van der Waals surface area contributed by atoms with Gasteiger partial charge in [0.15, 0.2) is 0 Å². The van der Waals surface area contributed by atoms with Gasteiger partial charge >= 0.3 is 6.09 Å². The first-order valence-electron chi connectivity index (χ1n) is 10.8. The van der Waals surface area contributed by atoms with Crippen LogP contribution < -0.4 is 0 Å². The van der Waals surface area contributed by atoms with E-state index in [0.717, 1.165) is 36.6 Å². The molecule has 0 spiro atoms. The first-order chi connectivity index (χ1) is 13.0. The molecule has 1 aromatic carbocycles. The molecule has 1 heterocycles. The minimum Gasteiger partial charge on any atom is -0.412 e. The molecule has 0 radical (unpaired) electrons. The maximum absolute atomic E-state index is 12.3. The summed E-state index contributed by atoms with van der Waals surface area (Å²) in [5, 5.41) is 0. The van der Waals surface area contributed by atoms with Crippen molar-refractivity contribution in [3.05, 3.63) is 41.2 Å². The predicted molar refractivity (Wildman–Crippen MR) is 112 cm³/mol. The molecule has 3 rings (SSSR count). The summed E-state index contributed by atoms with van der Waals surface area (Å²) in [5.41, 5.74) is 2.18. The summed E-state index contributed by atoms with van der Waals surface area (Å²) in [7, 11) is 0. The molecular formula is C24H35NO2. The minimum atomic E-state index is -0.385. The Bertz CT molecular complexity index is 666. The van der Waals surface area contributed by atoms with Crippen molar-refractivity contribution in [3.63, 3.8) is 0 Å². The SMILES string of the molecule is CCCCN1C(=O)O/C(=C\c2ccc(C3CCC(CC)CC3)cc2)C1(C)C. The number of carbonyl (C=O) groups is 1.